The molecule has 0 aliphatic heterocycles. The summed E-state index contributed by atoms with van der Waals surface area (Å²) in [5.41, 5.74) is 0.352. The van der Waals surface area contributed by atoms with Crippen LogP contribution in [0.5, 0.6) is 0 Å². The second-order valence-corrected chi connectivity index (χ2v) is 5.97. The molecule has 0 fully saturated rings. The Hall–Kier alpha value is -0.471. The normalized spacial score (nSPS) is 14.9. The Labute approximate surface area is 102 Å². The molecule has 0 aliphatic rings. The molecule has 0 aliphatic carbocycles. The van der Waals surface area contributed by atoms with Crippen LogP contribution in [0.2, 0.25) is 0 Å². The molecular formula is C12H15F3Se. The summed E-state index contributed by atoms with van der Waals surface area (Å²) in [6, 6.07) is 5.39. The second kappa shape index (κ2) is 4.42. The molecule has 0 bridgehead atoms. The molecular weight excluding hydrogens is 280 g/mol. The molecule has 0 amide bonds. The van der Waals surface area contributed by atoms with Crippen LogP contribution in [0.25, 0.3) is 0 Å². The fraction of sp³-hybridized carbons (Fsp3) is 0.500. The summed E-state index contributed by atoms with van der Waals surface area (Å²) in [4.78, 5) is 0.169. The van der Waals surface area contributed by atoms with Gasteiger partial charge in [0, 0.05) is 0 Å². The van der Waals surface area contributed by atoms with Crippen LogP contribution < -0.4 is 0 Å². The minimum absolute atomic E-state index is 0.0275. The molecule has 1 atom stereocenters. The molecule has 0 saturated heterocycles. The number of hydrogen-bond donors (Lipinski definition) is 0. The summed E-state index contributed by atoms with van der Waals surface area (Å²) in [5, 5.41) is 0. The first-order valence-corrected chi connectivity index (χ1v) is 6.06. The molecule has 1 unspecified atom stereocenters. The van der Waals surface area contributed by atoms with Crippen molar-refractivity contribution < 1.29 is 13.2 Å². The first-order valence-electron chi connectivity index (χ1n) is 4.97. The quantitative estimate of drug-likeness (QED) is 0.693. The molecule has 0 aromatic heterocycles. The average molecular weight is 295 g/mol. The van der Waals surface area contributed by atoms with Gasteiger partial charge in [-0.1, -0.05) is 0 Å². The third kappa shape index (κ3) is 3.26. The number of benzene rings is 1. The van der Waals surface area contributed by atoms with Crippen LogP contribution >= 0.6 is 0 Å². The Morgan fingerprint density at radius 3 is 1.75 bits per heavy atom. The number of alkyl halides is 3. The zero-order valence-electron chi connectivity index (χ0n) is 9.47. The van der Waals surface area contributed by atoms with E-state index < -0.39 is 11.7 Å². The van der Waals surface area contributed by atoms with Crippen LogP contribution in [-0.4, -0.2) is 16.0 Å². The monoisotopic (exact) mass is 296 g/mol. The molecule has 1 aromatic carbocycles. The van der Waals surface area contributed by atoms with Crippen LogP contribution in [0.15, 0.2) is 24.3 Å². The number of hydrogen-bond acceptors (Lipinski definition) is 0. The van der Waals surface area contributed by atoms with Gasteiger partial charge >= 0.3 is 102 Å². The summed E-state index contributed by atoms with van der Waals surface area (Å²) >= 11 is 2.52. The predicted octanol–water partition coefficient (Wildman–Crippen LogP) is 3.69. The van der Waals surface area contributed by atoms with Crippen LogP contribution in [-0.2, 0) is 6.18 Å². The summed E-state index contributed by atoms with van der Waals surface area (Å²) < 4.78 is 37.1. The first kappa shape index (κ1) is 13.6. The van der Waals surface area contributed by atoms with Crippen molar-refractivity contribution in [1.82, 2.24) is 0 Å². The molecule has 0 radical (unpaired) electrons. The van der Waals surface area contributed by atoms with Gasteiger partial charge in [0.15, 0.2) is 0 Å². The average Bonchev–Trinajstić information content (AvgIpc) is 2.14. The molecule has 0 saturated carbocycles. The van der Waals surface area contributed by atoms with Crippen molar-refractivity contribution in [3.05, 3.63) is 35.4 Å². The van der Waals surface area contributed by atoms with E-state index in [0.29, 0.717) is 0 Å². The fourth-order valence-electron chi connectivity index (χ4n) is 1.35. The van der Waals surface area contributed by atoms with Gasteiger partial charge in [0.1, 0.15) is 0 Å². The van der Waals surface area contributed by atoms with Crippen LogP contribution in [0.3, 0.4) is 0 Å². The number of halogens is 3. The van der Waals surface area contributed by atoms with E-state index in [2.05, 4.69) is 36.8 Å². The van der Waals surface area contributed by atoms with Crippen molar-refractivity contribution in [2.45, 2.75) is 31.8 Å². The fourth-order valence-corrected chi connectivity index (χ4v) is 1.72. The van der Waals surface area contributed by atoms with Crippen molar-refractivity contribution in [2.24, 2.45) is 5.41 Å². The van der Waals surface area contributed by atoms with E-state index >= 15 is 0 Å². The summed E-state index contributed by atoms with van der Waals surface area (Å²) in [5.74, 6) is 0. The van der Waals surface area contributed by atoms with Crippen LogP contribution in [0, 0.1) is 5.41 Å². The molecule has 0 N–H and O–H groups in total. The molecule has 90 valence electrons. The number of rotatable bonds is 1. The van der Waals surface area contributed by atoms with Gasteiger partial charge < -0.3 is 0 Å². The Kier molecular flexibility index (Phi) is 3.76. The van der Waals surface area contributed by atoms with Crippen molar-refractivity contribution in [2.75, 3.05) is 0 Å². The maximum atomic E-state index is 12.4. The van der Waals surface area contributed by atoms with Crippen molar-refractivity contribution in [3.63, 3.8) is 0 Å². The molecule has 0 nitrogen and oxygen atoms in total. The van der Waals surface area contributed by atoms with Crippen LogP contribution in [0.1, 0.15) is 36.7 Å². The maximum absolute atomic E-state index is 12.4. The van der Waals surface area contributed by atoms with Gasteiger partial charge in [-0.15, -0.1) is 0 Å². The van der Waals surface area contributed by atoms with Crippen molar-refractivity contribution >= 4 is 16.0 Å². The van der Waals surface area contributed by atoms with Gasteiger partial charge in [0.25, 0.3) is 0 Å². The van der Waals surface area contributed by atoms with Crippen molar-refractivity contribution in [1.29, 1.82) is 0 Å². The standard InChI is InChI=1S/C12H15F3Se/c1-11(2,3)10(16)8-4-6-9(7-5-8)12(13,14)15/h4-7,10,16H,1-3H3. The molecule has 1 rings (SSSR count). The van der Waals surface area contributed by atoms with Crippen molar-refractivity contribution in [3.8, 4) is 0 Å². The molecule has 16 heavy (non-hydrogen) atoms. The Balaban J connectivity index is 2.96. The predicted molar refractivity (Wildman–Crippen MR) is 60.8 cm³/mol. The topological polar surface area (TPSA) is 0 Å². The van der Waals surface area contributed by atoms with Crippen LogP contribution in [0.4, 0.5) is 13.2 Å². The molecule has 4 heteroatoms. The SMILES string of the molecule is CC(C)(C)C([SeH])c1ccc(C(F)(F)F)cc1. The third-order valence-electron chi connectivity index (χ3n) is 2.37. The van der Waals surface area contributed by atoms with E-state index in [-0.39, 0.29) is 10.2 Å². The zero-order chi connectivity index (χ0) is 12.6. The van der Waals surface area contributed by atoms with Gasteiger partial charge in [-0.25, -0.2) is 0 Å². The van der Waals surface area contributed by atoms with E-state index in [1.807, 2.05) is 0 Å². The second-order valence-electron chi connectivity index (χ2n) is 4.89. The minimum atomic E-state index is -4.25. The van der Waals surface area contributed by atoms with E-state index in [0.717, 1.165) is 17.7 Å². The zero-order valence-corrected chi connectivity index (χ0v) is 11.3. The van der Waals surface area contributed by atoms with E-state index in [1.54, 1.807) is 12.1 Å². The third-order valence-corrected chi connectivity index (χ3v) is 4.62. The molecule has 1 aromatic rings. The van der Waals surface area contributed by atoms with Gasteiger partial charge in [-0.2, -0.15) is 0 Å². The van der Waals surface area contributed by atoms with E-state index in [1.165, 1.54) is 0 Å². The summed E-state index contributed by atoms with van der Waals surface area (Å²) in [6.45, 7) is 6.19. The molecule has 0 heterocycles. The van der Waals surface area contributed by atoms with E-state index in [4.69, 9.17) is 0 Å². The Morgan fingerprint density at radius 1 is 1.00 bits per heavy atom. The summed E-state index contributed by atoms with van der Waals surface area (Å²) in [6.07, 6.45) is -4.25. The van der Waals surface area contributed by atoms with Gasteiger partial charge in [0.05, 0.1) is 0 Å². The van der Waals surface area contributed by atoms with E-state index in [9.17, 15) is 13.2 Å². The summed E-state index contributed by atoms with van der Waals surface area (Å²) in [7, 11) is 0. The van der Waals surface area contributed by atoms with Gasteiger partial charge in [-0.05, 0) is 0 Å². The van der Waals surface area contributed by atoms with Gasteiger partial charge in [-0.3, -0.25) is 0 Å². The molecule has 0 spiro atoms. The van der Waals surface area contributed by atoms with Gasteiger partial charge in [0.2, 0.25) is 0 Å². The first-order chi connectivity index (χ1) is 7.12. The Bertz CT molecular complexity index is 346. The Morgan fingerprint density at radius 2 is 1.44 bits per heavy atom.